The number of carbonyl (C=O) groups is 1. The van der Waals surface area contributed by atoms with Crippen LogP contribution in [0.5, 0.6) is 5.75 Å². The number of carboxylic acid groups (broad SMARTS) is 1. The second-order valence-electron chi connectivity index (χ2n) is 7.31. The molecular weight excluding hydrogens is 372 g/mol. The molecule has 150 valence electrons. The van der Waals surface area contributed by atoms with Crippen molar-refractivity contribution in [3.05, 3.63) is 36.3 Å². The average molecular weight is 394 g/mol. The first kappa shape index (κ1) is 19.0. The summed E-state index contributed by atoms with van der Waals surface area (Å²) in [6.07, 6.45) is 6.87. The summed E-state index contributed by atoms with van der Waals surface area (Å²) in [5.41, 5.74) is 1.67. The maximum Gasteiger partial charge on any atom is 0.317 e. The van der Waals surface area contributed by atoms with E-state index in [-0.39, 0.29) is 18.3 Å². The van der Waals surface area contributed by atoms with Crippen LogP contribution in [0.3, 0.4) is 0 Å². The fourth-order valence-electron chi connectivity index (χ4n) is 3.72. The summed E-state index contributed by atoms with van der Waals surface area (Å²) in [6, 6.07) is 3.56. The molecule has 1 aliphatic heterocycles. The maximum atomic E-state index is 11.0. The molecule has 3 aromatic rings. The second kappa shape index (κ2) is 7.96. The van der Waals surface area contributed by atoms with Gasteiger partial charge in [0.25, 0.3) is 0 Å². The van der Waals surface area contributed by atoms with Gasteiger partial charge in [-0.3, -0.25) is 19.7 Å². The number of aryl methyl sites for hydroxylation is 1. The van der Waals surface area contributed by atoms with E-state index in [0.717, 1.165) is 35.7 Å². The van der Waals surface area contributed by atoms with Gasteiger partial charge in [0.2, 0.25) is 0 Å². The van der Waals surface area contributed by atoms with E-state index >= 15 is 0 Å². The number of aliphatic carboxylic acids is 1. The van der Waals surface area contributed by atoms with Crippen LogP contribution in [0.2, 0.25) is 0 Å². The summed E-state index contributed by atoms with van der Waals surface area (Å²) in [5, 5.41) is 33.0. The number of aromatic hydroxyl groups is 1. The SMILES string of the molecule is Cc1cnc(-c2nnc(NC3CCCN(CC(=O)O)C3)c3ccncc23)c(O)c1. The number of rotatable bonds is 5. The molecule has 1 atom stereocenters. The number of nitrogens with one attached hydrogen (secondary N) is 1. The average Bonchev–Trinajstić information content (AvgIpc) is 2.69. The number of likely N-dealkylation sites (tertiary alicyclic amines) is 1. The lowest BCUT2D eigenvalue weighted by atomic mass is 10.0. The van der Waals surface area contributed by atoms with E-state index in [4.69, 9.17) is 5.11 Å². The van der Waals surface area contributed by atoms with Crippen LogP contribution >= 0.6 is 0 Å². The number of fused-ring (bicyclic) bond motifs is 1. The molecule has 1 aliphatic rings. The van der Waals surface area contributed by atoms with Crippen molar-refractivity contribution in [1.29, 1.82) is 0 Å². The number of carboxylic acids is 1. The molecule has 1 saturated heterocycles. The lowest BCUT2D eigenvalue weighted by Crippen LogP contribution is -2.44. The summed E-state index contributed by atoms with van der Waals surface area (Å²) < 4.78 is 0. The highest BCUT2D eigenvalue weighted by Gasteiger charge is 2.23. The van der Waals surface area contributed by atoms with Gasteiger partial charge in [-0.1, -0.05) is 0 Å². The third-order valence-corrected chi connectivity index (χ3v) is 5.02. The molecule has 1 fully saturated rings. The number of hydrogen-bond acceptors (Lipinski definition) is 8. The highest BCUT2D eigenvalue weighted by Crippen LogP contribution is 2.33. The predicted molar refractivity (Wildman–Crippen MR) is 108 cm³/mol. The van der Waals surface area contributed by atoms with Crippen LogP contribution in [0.4, 0.5) is 5.82 Å². The summed E-state index contributed by atoms with van der Waals surface area (Å²) in [4.78, 5) is 21.4. The van der Waals surface area contributed by atoms with Crippen molar-refractivity contribution < 1.29 is 15.0 Å². The monoisotopic (exact) mass is 394 g/mol. The van der Waals surface area contributed by atoms with E-state index in [1.807, 2.05) is 17.9 Å². The number of anilines is 1. The number of pyridine rings is 2. The Morgan fingerprint density at radius 3 is 2.93 bits per heavy atom. The molecule has 0 saturated carbocycles. The molecule has 29 heavy (non-hydrogen) atoms. The molecule has 0 radical (unpaired) electrons. The Balaban J connectivity index is 1.66. The van der Waals surface area contributed by atoms with Gasteiger partial charge in [-0.05, 0) is 44.0 Å². The third kappa shape index (κ3) is 4.09. The minimum Gasteiger partial charge on any atom is -0.506 e. The van der Waals surface area contributed by atoms with Crippen LogP contribution in [-0.2, 0) is 4.79 Å². The zero-order valence-corrected chi connectivity index (χ0v) is 16.0. The van der Waals surface area contributed by atoms with Gasteiger partial charge in [-0.2, -0.15) is 0 Å². The van der Waals surface area contributed by atoms with Gasteiger partial charge >= 0.3 is 5.97 Å². The lowest BCUT2D eigenvalue weighted by Gasteiger charge is -2.32. The highest BCUT2D eigenvalue weighted by atomic mass is 16.4. The smallest absolute Gasteiger partial charge is 0.317 e. The minimum absolute atomic E-state index is 0.0336. The van der Waals surface area contributed by atoms with Crippen LogP contribution in [0.1, 0.15) is 18.4 Å². The van der Waals surface area contributed by atoms with Crippen molar-refractivity contribution >= 4 is 22.6 Å². The fraction of sp³-hybridized carbons (Fsp3) is 0.350. The molecule has 0 aliphatic carbocycles. The number of nitrogens with zero attached hydrogens (tertiary/aromatic N) is 5. The van der Waals surface area contributed by atoms with E-state index in [1.54, 1.807) is 24.7 Å². The van der Waals surface area contributed by atoms with Gasteiger partial charge in [-0.25, -0.2) is 0 Å². The minimum atomic E-state index is -0.822. The van der Waals surface area contributed by atoms with E-state index < -0.39 is 5.97 Å². The topological polar surface area (TPSA) is 124 Å². The lowest BCUT2D eigenvalue weighted by molar-refractivity contribution is -0.138. The van der Waals surface area contributed by atoms with Gasteiger partial charge < -0.3 is 15.5 Å². The van der Waals surface area contributed by atoms with Gasteiger partial charge in [0.05, 0.1) is 6.54 Å². The van der Waals surface area contributed by atoms with Gasteiger partial charge in [0, 0.05) is 41.9 Å². The normalized spacial score (nSPS) is 17.3. The molecule has 3 aromatic heterocycles. The van der Waals surface area contributed by atoms with E-state index in [1.165, 1.54) is 0 Å². The molecule has 0 aromatic carbocycles. The molecule has 9 nitrogen and oxygen atoms in total. The maximum absolute atomic E-state index is 11.0. The first-order valence-electron chi connectivity index (χ1n) is 9.48. The van der Waals surface area contributed by atoms with Crippen molar-refractivity contribution in [2.75, 3.05) is 25.0 Å². The van der Waals surface area contributed by atoms with Crippen molar-refractivity contribution in [3.8, 4) is 17.1 Å². The summed E-state index contributed by atoms with van der Waals surface area (Å²) >= 11 is 0. The molecule has 0 spiro atoms. The van der Waals surface area contributed by atoms with E-state index in [2.05, 4.69) is 25.5 Å². The Morgan fingerprint density at radius 1 is 1.28 bits per heavy atom. The molecular formula is C20H22N6O3. The standard InChI is InChI=1S/C20H22N6O3/c1-12-7-16(27)19(22-8-12)18-15-9-21-5-4-14(15)20(25-24-18)23-13-3-2-6-26(10-13)11-17(28)29/h4-5,7-9,13,27H,2-3,6,10-11H2,1H3,(H,23,25)(H,28,29). The molecule has 0 amide bonds. The van der Waals surface area contributed by atoms with Crippen molar-refractivity contribution in [2.45, 2.75) is 25.8 Å². The fourth-order valence-corrected chi connectivity index (χ4v) is 3.72. The predicted octanol–water partition coefficient (Wildman–Crippen LogP) is 2.06. The number of piperidine rings is 1. The van der Waals surface area contributed by atoms with Crippen LogP contribution in [0.15, 0.2) is 30.7 Å². The zero-order chi connectivity index (χ0) is 20.4. The van der Waals surface area contributed by atoms with Gasteiger partial charge in [0.1, 0.15) is 17.1 Å². The number of aromatic nitrogens is 4. The van der Waals surface area contributed by atoms with Crippen molar-refractivity contribution in [3.63, 3.8) is 0 Å². The Morgan fingerprint density at radius 2 is 2.14 bits per heavy atom. The summed E-state index contributed by atoms with van der Waals surface area (Å²) in [5.74, 6) is -0.168. The summed E-state index contributed by atoms with van der Waals surface area (Å²) in [7, 11) is 0. The summed E-state index contributed by atoms with van der Waals surface area (Å²) in [6.45, 7) is 3.29. The molecule has 4 heterocycles. The van der Waals surface area contributed by atoms with Gasteiger partial charge in [0.15, 0.2) is 5.82 Å². The zero-order valence-electron chi connectivity index (χ0n) is 16.0. The molecule has 4 rings (SSSR count). The number of hydrogen-bond donors (Lipinski definition) is 3. The highest BCUT2D eigenvalue weighted by molar-refractivity contribution is 5.99. The Hall–Kier alpha value is -3.33. The quantitative estimate of drug-likeness (QED) is 0.596. The van der Waals surface area contributed by atoms with Crippen LogP contribution in [0, 0.1) is 6.92 Å². The van der Waals surface area contributed by atoms with Crippen molar-refractivity contribution in [1.82, 2.24) is 25.1 Å². The molecule has 9 heteroatoms. The van der Waals surface area contributed by atoms with Crippen LogP contribution in [0.25, 0.3) is 22.2 Å². The largest absolute Gasteiger partial charge is 0.506 e. The first-order valence-corrected chi connectivity index (χ1v) is 9.48. The van der Waals surface area contributed by atoms with Crippen molar-refractivity contribution in [2.24, 2.45) is 0 Å². The van der Waals surface area contributed by atoms with E-state index in [0.29, 0.717) is 23.8 Å². The van der Waals surface area contributed by atoms with Gasteiger partial charge in [-0.15, -0.1) is 10.2 Å². The second-order valence-corrected chi connectivity index (χ2v) is 7.31. The molecule has 1 unspecified atom stereocenters. The Bertz CT molecular complexity index is 1060. The van der Waals surface area contributed by atoms with Crippen LogP contribution in [-0.4, -0.2) is 66.9 Å². The Kier molecular flexibility index (Phi) is 5.22. The van der Waals surface area contributed by atoms with E-state index in [9.17, 15) is 9.90 Å². The first-order chi connectivity index (χ1) is 14.0. The third-order valence-electron chi connectivity index (χ3n) is 5.02. The molecule has 3 N–H and O–H groups in total. The Labute approximate surface area is 167 Å². The van der Waals surface area contributed by atoms with Crippen LogP contribution < -0.4 is 5.32 Å². The molecule has 0 bridgehead atoms.